The molecule has 9 heteroatoms. The molecular formula is C20H16N4O5. The molecule has 1 aliphatic rings. The minimum Gasteiger partial charge on any atom is -0.481 e. The summed E-state index contributed by atoms with van der Waals surface area (Å²) in [6, 6.07) is 11.7. The van der Waals surface area contributed by atoms with Gasteiger partial charge < -0.3 is 15.4 Å². The van der Waals surface area contributed by atoms with Crippen molar-refractivity contribution in [3.8, 4) is 0 Å². The van der Waals surface area contributed by atoms with E-state index < -0.39 is 23.7 Å². The van der Waals surface area contributed by atoms with E-state index in [0.717, 1.165) is 15.9 Å². The van der Waals surface area contributed by atoms with Crippen molar-refractivity contribution in [2.45, 2.75) is 13.0 Å². The van der Waals surface area contributed by atoms with E-state index >= 15 is 0 Å². The first-order chi connectivity index (χ1) is 13.9. The fraction of sp³-hybridized carbons (Fsp3) is 0.150. The fourth-order valence-corrected chi connectivity index (χ4v) is 3.20. The van der Waals surface area contributed by atoms with Crippen LogP contribution in [0.4, 0.5) is 0 Å². The van der Waals surface area contributed by atoms with Gasteiger partial charge in [0.05, 0.1) is 35.1 Å². The summed E-state index contributed by atoms with van der Waals surface area (Å²) in [6.07, 6.45) is -0.337. The van der Waals surface area contributed by atoms with Crippen molar-refractivity contribution in [2.75, 3.05) is 6.54 Å². The van der Waals surface area contributed by atoms with Gasteiger partial charge in [-0.1, -0.05) is 12.1 Å². The van der Waals surface area contributed by atoms with Gasteiger partial charge in [-0.05, 0) is 30.3 Å². The maximum Gasteiger partial charge on any atom is 0.305 e. The molecule has 0 radical (unpaired) electrons. The molecule has 0 fully saturated rings. The number of imide groups is 1. The number of fused-ring (bicyclic) bond motifs is 2. The molecule has 3 aromatic rings. The van der Waals surface area contributed by atoms with Crippen molar-refractivity contribution >= 4 is 34.7 Å². The molecule has 0 aliphatic carbocycles. The third-order valence-corrected chi connectivity index (χ3v) is 4.64. The van der Waals surface area contributed by atoms with Gasteiger partial charge in [0.15, 0.2) is 0 Å². The van der Waals surface area contributed by atoms with Crippen LogP contribution < -0.4 is 5.32 Å². The zero-order valence-corrected chi connectivity index (χ0v) is 15.1. The lowest BCUT2D eigenvalue weighted by Gasteiger charge is -2.11. The van der Waals surface area contributed by atoms with Gasteiger partial charge in [-0.2, -0.15) is 0 Å². The van der Waals surface area contributed by atoms with E-state index in [9.17, 15) is 19.2 Å². The Balaban J connectivity index is 1.47. The van der Waals surface area contributed by atoms with E-state index in [4.69, 9.17) is 5.11 Å². The number of aromatic nitrogens is 2. The highest BCUT2D eigenvalue weighted by Gasteiger charge is 2.36. The second kappa shape index (κ2) is 7.19. The number of H-pyrrole nitrogens is 1. The van der Waals surface area contributed by atoms with Gasteiger partial charge in [0, 0.05) is 12.1 Å². The molecule has 0 saturated heterocycles. The number of amides is 3. The molecule has 3 amide bonds. The van der Waals surface area contributed by atoms with Crippen molar-refractivity contribution in [3.05, 3.63) is 65.0 Å². The Hall–Kier alpha value is -4.01. The number of carboxylic acids is 1. The van der Waals surface area contributed by atoms with Crippen molar-refractivity contribution in [2.24, 2.45) is 0 Å². The Morgan fingerprint density at radius 1 is 1.07 bits per heavy atom. The zero-order valence-electron chi connectivity index (χ0n) is 15.1. The molecule has 29 heavy (non-hydrogen) atoms. The van der Waals surface area contributed by atoms with E-state index in [1.165, 1.54) is 18.2 Å². The normalized spacial score (nSPS) is 13.0. The summed E-state index contributed by atoms with van der Waals surface area (Å²) in [5.74, 6) is -2.09. The summed E-state index contributed by atoms with van der Waals surface area (Å²) < 4.78 is 0. The lowest BCUT2D eigenvalue weighted by Crippen LogP contribution is -2.31. The molecule has 3 N–H and O–H groups in total. The minimum absolute atomic E-state index is 0.0942. The molecule has 1 aliphatic heterocycles. The summed E-state index contributed by atoms with van der Waals surface area (Å²) in [5.41, 5.74) is 2.13. The lowest BCUT2D eigenvalue weighted by molar-refractivity contribution is -0.137. The third-order valence-electron chi connectivity index (χ3n) is 4.64. The van der Waals surface area contributed by atoms with Crippen molar-refractivity contribution in [1.82, 2.24) is 20.2 Å². The van der Waals surface area contributed by atoms with Crippen LogP contribution in [0.5, 0.6) is 0 Å². The maximum atomic E-state index is 12.5. The van der Waals surface area contributed by atoms with Crippen LogP contribution in [0.1, 0.15) is 43.3 Å². The lowest BCUT2D eigenvalue weighted by atomic mass is 10.1. The second-order valence-corrected chi connectivity index (χ2v) is 6.55. The van der Waals surface area contributed by atoms with E-state index in [2.05, 4.69) is 15.3 Å². The molecule has 0 saturated carbocycles. The maximum absolute atomic E-state index is 12.5. The Labute approximate surface area is 164 Å². The Kier molecular flexibility index (Phi) is 4.55. The van der Waals surface area contributed by atoms with Crippen LogP contribution in [-0.4, -0.2) is 50.2 Å². The number of carbonyl (C=O) groups is 4. The number of aliphatic carboxylic acids is 1. The smallest absolute Gasteiger partial charge is 0.305 e. The number of rotatable bonds is 6. The van der Waals surface area contributed by atoms with Crippen molar-refractivity contribution in [3.63, 3.8) is 0 Å². The van der Waals surface area contributed by atoms with E-state index in [1.54, 1.807) is 0 Å². The number of nitrogens with zero attached hydrogens (tertiary/aromatic N) is 2. The van der Waals surface area contributed by atoms with Crippen LogP contribution in [0.2, 0.25) is 0 Å². The first-order valence-electron chi connectivity index (χ1n) is 8.88. The van der Waals surface area contributed by atoms with Crippen LogP contribution in [0, 0.1) is 0 Å². The van der Waals surface area contributed by atoms with Crippen LogP contribution in [0.15, 0.2) is 42.5 Å². The van der Waals surface area contributed by atoms with E-state index in [1.807, 2.05) is 24.3 Å². The first-order valence-corrected chi connectivity index (χ1v) is 8.88. The van der Waals surface area contributed by atoms with Gasteiger partial charge in [-0.15, -0.1) is 0 Å². The number of imidazole rings is 1. The van der Waals surface area contributed by atoms with Gasteiger partial charge in [0.25, 0.3) is 17.7 Å². The van der Waals surface area contributed by atoms with Crippen molar-refractivity contribution in [1.29, 1.82) is 0 Å². The van der Waals surface area contributed by atoms with Crippen LogP contribution in [0.25, 0.3) is 11.0 Å². The number of para-hydroxylation sites is 2. The molecule has 0 bridgehead atoms. The molecule has 4 rings (SSSR count). The zero-order chi connectivity index (χ0) is 20.5. The predicted molar refractivity (Wildman–Crippen MR) is 101 cm³/mol. The van der Waals surface area contributed by atoms with Crippen LogP contribution in [0.3, 0.4) is 0 Å². The monoisotopic (exact) mass is 392 g/mol. The minimum atomic E-state index is -1.10. The summed E-state index contributed by atoms with van der Waals surface area (Å²) in [7, 11) is 0. The van der Waals surface area contributed by atoms with E-state index in [0.29, 0.717) is 5.82 Å². The standard InChI is InChI=1S/C20H16N4O5/c25-17(26)7-8-24-19(28)12-6-5-11(9-13(12)20(24)29)18(27)21-10-16-22-14-3-1-2-4-15(14)23-16/h1-6,9H,7-8,10H2,(H,21,27)(H,22,23)(H,25,26). The average molecular weight is 392 g/mol. The van der Waals surface area contributed by atoms with Crippen LogP contribution in [-0.2, 0) is 11.3 Å². The Morgan fingerprint density at radius 2 is 1.83 bits per heavy atom. The third kappa shape index (κ3) is 3.45. The fourth-order valence-electron chi connectivity index (χ4n) is 3.20. The number of aromatic amines is 1. The predicted octanol–water partition coefficient (Wildman–Crippen LogP) is 1.56. The average Bonchev–Trinajstić information content (AvgIpc) is 3.23. The molecule has 0 atom stereocenters. The molecular weight excluding hydrogens is 376 g/mol. The van der Waals surface area contributed by atoms with Crippen molar-refractivity contribution < 1.29 is 24.3 Å². The number of carboxylic acid groups (broad SMARTS) is 1. The molecule has 9 nitrogen and oxygen atoms in total. The van der Waals surface area contributed by atoms with E-state index in [-0.39, 0.29) is 36.2 Å². The van der Waals surface area contributed by atoms with Gasteiger partial charge in [-0.3, -0.25) is 24.1 Å². The quantitative estimate of drug-likeness (QED) is 0.546. The van der Waals surface area contributed by atoms with Gasteiger partial charge in [0.1, 0.15) is 5.82 Å². The summed E-state index contributed by atoms with van der Waals surface area (Å²) >= 11 is 0. The molecule has 0 spiro atoms. The number of hydrogen-bond donors (Lipinski definition) is 3. The highest BCUT2D eigenvalue weighted by molar-refractivity contribution is 6.22. The summed E-state index contributed by atoms with van der Waals surface area (Å²) in [6.45, 7) is -0.0442. The Morgan fingerprint density at radius 3 is 2.59 bits per heavy atom. The molecule has 146 valence electrons. The molecule has 2 aromatic carbocycles. The number of nitrogens with one attached hydrogen (secondary N) is 2. The van der Waals surface area contributed by atoms with Gasteiger partial charge in [-0.25, -0.2) is 4.98 Å². The molecule has 1 aromatic heterocycles. The molecule has 2 heterocycles. The highest BCUT2D eigenvalue weighted by Crippen LogP contribution is 2.24. The van der Waals surface area contributed by atoms with Gasteiger partial charge in [0.2, 0.25) is 0 Å². The SMILES string of the molecule is O=C(O)CCN1C(=O)c2ccc(C(=O)NCc3nc4ccccc4[nH]3)cc2C1=O. The number of hydrogen-bond acceptors (Lipinski definition) is 5. The summed E-state index contributed by atoms with van der Waals surface area (Å²) in [5, 5.41) is 11.5. The highest BCUT2D eigenvalue weighted by atomic mass is 16.4. The number of benzene rings is 2. The molecule has 0 unspecified atom stereocenters. The van der Waals surface area contributed by atoms with Crippen LogP contribution >= 0.6 is 0 Å². The number of carbonyl (C=O) groups excluding carboxylic acids is 3. The Bertz CT molecular complexity index is 1130. The second-order valence-electron chi connectivity index (χ2n) is 6.55. The largest absolute Gasteiger partial charge is 0.481 e. The topological polar surface area (TPSA) is 132 Å². The first kappa shape index (κ1) is 18.4. The van der Waals surface area contributed by atoms with Gasteiger partial charge >= 0.3 is 5.97 Å². The summed E-state index contributed by atoms with van der Waals surface area (Å²) in [4.78, 5) is 56.3.